The largest absolute Gasteiger partial charge is 0.475 e. The van der Waals surface area contributed by atoms with Crippen molar-refractivity contribution in [1.29, 1.82) is 0 Å². The Hall–Kier alpha value is -1.44. The number of fused-ring (bicyclic) bond motifs is 1. The van der Waals surface area contributed by atoms with Gasteiger partial charge in [0.25, 0.3) is 0 Å². The van der Waals surface area contributed by atoms with E-state index in [9.17, 15) is 19.6 Å². The number of rotatable bonds is 3. The van der Waals surface area contributed by atoms with Crippen LogP contribution in [0.3, 0.4) is 0 Å². The molecule has 1 unspecified atom stereocenters. The first kappa shape index (κ1) is 18.4. The highest BCUT2D eigenvalue weighted by atomic mass is 31.2. The molecule has 3 aliphatic rings. The molecule has 0 aromatic rings. The molecule has 0 aromatic carbocycles. The minimum absolute atomic E-state index is 0.185. The Balaban J connectivity index is 1.88. The number of hydrogen-bond donors (Lipinski definition) is 3. The first-order valence-corrected chi connectivity index (χ1v) is 9.06. The van der Waals surface area contributed by atoms with Crippen LogP contribution in [-0.2, 0) is 27.7 Å². The number of hydrogen-bond acceptors (Lipinski definition) is 9. The number of carbonyl (C=O) groups excluding carboxylic acids is 1. The fourth-order valence-electron chi connectivity index (χ4n) is 2.83. The first-order valence-electron chi connectivity index (χ1n) is 7.60. The van der Waals surface area contributed by atoms with Gasteiger partial charge in [-0.1, -0.05) is 5.92 Å². The Morgan fingerprint density at radius 3 is 2.92 bits per heavy atom. The van der Waals surface area contributed by atoms with E-state index in [0.29, 0.717) is 0 Å². The summed E-state index contributed by atoms with van der Waals surface area (Å²) in [6.07, 6.45) is 2.62. The summed E-state index contributed by atoms with van der Waals surface area (Å²) in [5.41, 5.74) is -2.07. The third-order valence-corrected chi connectivity index (χ3v) is 5.52. The van der Waals surface area contributed by atoms with E-state index in [4.69, 9.17) is 24.7 Å². The molecule has 2 fully saturated rings. The number of nitrogens with zero attached hydrogens (tertiary/aromatic N) is 1. The van der Waals surface area contributed by atoms with Crippen molar-refractivity contribution in [1.82, 2.24) is 10.2 Å². The van der Waals surface area contributed by atoms with Crippen molar-refractivity contribution in [2.45, 2.75) is 50.3 Å². The molecular weight excluding hydrogens is 355 g/mol. The molecule has 0 saturated carbocycles. The number of nitrogens with one attached hydrogen (secondary N) is 1. The molecule has 25 heavy (non-hydrogen) atoms. The van der Waals surface area contributed by atoms with Crippen molar-refractivity contribution in [2.24, 2.45) is 0 Å². The molecule has 3 aliphatic heterocycles. The summed E-state index contributed by atoms with van der Waals surface area (Å²) in [5, 5.41) is 23.2. The van der Waals surface area contributed by atoms with Gasteiger partial charge in [0.1, 0.15) is 12.2 Å². The van der Waals surface area contributed by atoms with Gasteiger partial charge in [0.05, 0.1) is 12.7 Å². The molecule has 3 heterocycles. The second-order valence-corrected chi connectivity index (χ2v) is 7.64. The number of phosphoric acid groups is 1. The third-order valence-electron chi connectivity index (χ3n) is 3.88. The zero-order chi connectivity index (χ0) is 18.4. The van der Waals surface area contributed by atoms with E-state index in [2.05, 4.69) is 11.2 Å². The lowest BCUT2D eigenvalue weighted by molar-refractivity contribution is -0.162. The predicted octanol–water partition coefficient (Wildman–Crippen LogP) is -0.754. The highest BCUT2D eigenvalue weighted by Crippen LogP contribution is 2.58. The minimum Gasteiger partial charge on any atom is -0.371 e. The van der Waals surface area contributed by atoms with Crippen LogP contribution in [0, 0.1) is 12.3 Å². The SMILES string of the molecule is C#C[C@@]1(O)[C@@H]2O[P@](=O)(OC(C)C)OC[C@H]2O[C@H]1N1C=CC(=O)NC1O. The Morgan fingerprint density at radius 1 is 1.60 bits per heavy atom. The first-order chi connectivity index (χ1) is 11.7. The van der Waals surface area contributed by atoms with Gasteiger partial charge in [-0.05, 0) is 13.8 Å². The molecule has 0 aliphatic carbocycles. The molecule has 3 rings (SSSR count). The fraction of sp³-hybridized carbons (Fsp3) is 0.643. The van der Waals surface area contributed by atoms with Gasteiger partial charge in [-0.3, -0.25) is 18.4 Å². The molecule has 11 heteroatoms. The smallest absolute Gasteiger partial charge is 0.371 e. The molecule has 138 valence electrons. The van der Waals surface area contributed by atoms with Crippen LogP contribution in [0.5, 0.6) is 0 Å². The summed E-state index contributed by atoms with van der Waals surface area (Å²) in [4.78, 5) is 12.4. The van der Waals surface area contributed by atoms with Crippen molar-refractivity contribution in [3.63, 3.8) is 0 Å². The van der Waals surface area contributed by atoms with Gasteiger partial charge < -0.3 is 25.2 Å². The Labute approximate surface area is 144 Å². The summed E-state index contributed by atoms with van der Waals surface area (Å²) >= 11 is 0. The minimum atomic E-state index is -3.93. The number of aliphatic hydroxyl groups excluding tert-OH is 1. The summed E-state index contributed by atoms with van der Waals surface area (Å²) in [6, 6.07) is 0. The normalized spacial score (nSPS) is 43.7. The Morgan fingerprint density at radius 2 is 2.32 bits per heavy atom. The van der Waals surface area contributed by atoms with E-state index in [0.717, 1.165) is 11.0 Å². The van der Waals surface area contributed by atoms with Crippen LogP contribution in [0.2, 0.25) is 0 Å². The van der Waals surface area contributed by atoms with Crippen LogP contribution >= 0.6 is 7.82 Å². The number of carbonyl (C=O) groups is 1. The van der Waals surface area contributed by atoms with E-state index < -0.39 is 50.2 Å². The van der Waals surface area contributed by atoms with Crippen molar-refractivity contribution in [3.05, 3.63) is 12.3 Å². The molecule has 0 radical (unpaired) electrons. The molecule has 3 N–H and O–H groups in total. The second-order valence-electron chi connectivity index (χ2n) is 6.06. The number of amides is 1. The lowest BCUT2D eigenvalue weighted by Gasteiger charge is -2.39. The molecule has 2 saturated heterocycles. The monoisotopic (exact) mass is 374 g/mol. The maximum atomic E-state index is 12.5. The lowest BCUT2D eigenvalue weighted by Crippen LogP contribution is -2.60. The maximum Gasteiger partial charge on any atom is 0.475 e. The number of terminal acetylenes is 1. The van der Waals surface area contributed by atoms with Gasteiger partial charge in [0, 0.05) is 12.3 Å². The standard InChI is InChI=1S/C14H19N2O8P/c1-4-14(19)11-9(7-21-25(20,24-11)23-8(2)3)22-12(14)16-6-5-10(17)15-13(16)18/h1,5-6,8-9,11-13,18-19H,7H2,2-3H3,(H,15,17)/t9-,11-,12-,13?,14-,25+/m1/s1. The van der Waals surface area contributed by atoms with Crippen LogP contribution in [0.15, 0.2) is 12.3 Å². The van der Waals surface area contributed by atoms with E-state index in [1.54, 1.807) is 13.8 Å². The lowest BCUT2D eigenvalue weighted by atomic mass is 9.94. The average Bonchev–Trinajstić information content (AvgIpc) is 2.79. The van der Waals surface area contributed by atoms with Gasteiger partial charge in [-0.25, -0.2) is 4.57 Å². The van der Waals surface area contributed by atoms with E-state index in [1.165, 1.54) is 6.20 Å². The van der Waals surface area contributed by atoms with E-state index >= 15 is 0 Å². The van der Waals surface area contributed by atoms with Crippen LogP contribution < -0.4 is 5.32 Å². The van der Waals surface area contributed by atoms with Crippen LogP contribution in [-0.4, -0.2) is 64.1 Å². The van der Waals surface area contributed by atoms with Gasteiger partial charge >= 0.3 is 7.82 Å². The highest BCUT2D eigenvalue weighted by Gasteiger charge is 2.63. The highest BCUT2D eigenvalue weighted by molar-refractivity contribution is 7.48. The average molecular weight is 374 g/mol. The van der Waals surface area contributed by atoms with Crippen LogP contribution in [0.25, 0.3) is 0 Å². The quantitative estimate of drug-likeness (QED) is 0.432. The van der Waals surface area contributed by atoms with Crippen molar-refractivity contribution in [3.8, 4) is 12.3 Å². The van der Waals surface area contributed by atoms with Gasteiger partial charge in [0.2, 0.25) is 12.3 Å². The van der Waals surface area contributed by atoms with Gasteiger partial charge in [-0.2, -0.15) is 0 Å². The molecule has 6 atom stereocenters. The number of aliphatic hydroxyl groups is 2. The van der Waals surface area contributed by atoms with Crippen molar-refractivity contribution in [2.75, 3.05) is 6.61 Å². The summed E-state index contributed by atoms with van der Waals surface area (Å²) in [5.74, 6) is 1.67. The summed E-state index contributed by atoms with van der Waals surface area (Å²) in [7, 11) is -3.93. The second kappa shape index (κ2) is 6.37. The number of ether oxygens (including phenoxy) is 1. The molecule has 0 spiro atoms. The molecule has 0 aromatic heterocycles. The molecule has 10 nitrogen and oxygen atoms in total. The zero-order valence-corrected chi connectivity index (χ0v) is 14.5. The molecule has 1 amide bonds. The van der Waals surface area contributed by atoms with Crippen molar-refractivity contribution < 1.29 is 37.9 Å². The van der Waals surface area contributed by atoms with Crippen molar-refractivity contribution >= 4 is 13.7 Å². The van der Waals surface area contributed by atoms with Gasteiger partial charge in [0.15, 0.2) is 11.8 Å². The predicted molar refractivity (Wildman–Crippen MR) is 82.2 cm³/mol. The summed E-state index contributed by atoms with van der Waals surface area (Å²) in [6.45, 7) is 3.11. The summed E-state index contributed by atoms with van der Waals surface area (Å²) < 4.78 is 33.9. The van der Waals surface area contributed by atoms with Crippen LogP contribution in [0.1, 0.15) is 13.8 Å². The zero-order valence-electron chi connectivity index (χ0n) is 13.6. The molecule has 0 bridgehead atoms. The maximum absolute atomic E-state index is 12.5. The number of phosphoric ester groups is 1. The van der Waals surface area contributed by atoms with E-state index in [-0.39, 0.29) is 6.61 Å². The Bertz CT molecular complexity index is 676. The van der Waals surface area contributed by atoms with Crippen LogP contribution in [0.4, 0.5) is 0 Å². The molecular formula is C14H19N2O8P. The Kier molecular flexibility index (Phi) is 4.68. The topological polar surface area (TPSA) is 127 Å². The van der Waals surface area contributed by atoms with Gasteiger partial charge in [-0.15, -0.1) is 6.42 Å². The van der Waals surface area contributed by atoms with E-state index in [1.807, 2.05) is 0 Å². The third kappa shape index (κ3) is 3.20. The fourth-order valence-corrected chi connectivity index (χ4v) is 4.42.